The van der Waals surface area contributed by atoms with Gasteiger partial charge in [0.05, 0.1) is 5.56 Å². The molecule has 0 N–H and O–H groups in total. The van der Waals surface area contributed by atoms with Gasteiger partial charge < -0.3 is 0 Å². The molecule has 102 valence electrons. The Hall–Kier alpha value is -0.700. The summed E-state index contributed by atoms with van der Waals surface area (Å²) < 4.78 is 37.6. The molecule has 0 aromatic heterocycles. The summed E-state index contributed by atoms with van der Waals surface area (Å²) in [4.78, 5) is 0. The highest BCUT2D eigenvalue weighted by Gasteiger charge is 2.30. The zero-order chi connectivity index (χ0) is 14.0. The van der Waals surface area contributed by atoms with Crippen LogP contribution in [0.1, 0.15) is 38.3 Å². The van der Waals surface area contributed by atoms with Gasteiger partial charge in [0.1, 0.15) is 0 Å². The number of benzene rings is 1. The molecule has 1 rings (SSSR count). The van der Waals surface area contributed by atoms with Crippen LogP contribution in [0.25, 0.3) is 0 Å². The summed E-state index contributed by atoms with van der Waals surface area (Å²) in [5.41, 5.74) is 0.0463. The molecule has 0 bridgehead atoms. The Morgan fingerprint density at radius 1 is 1.17 bits per heavy atom. The van der Waals surface area contributed by atoms with Crippen molar-refractivity contribution in [2.45, 2.75) is 45.2 Å². The lowest BCUT2D eigenvalue weighted by atomic mass is 9.88. The molecule has 1 unspecified atom stereocenters. The van der Waals surface area contributed by atoms with Crippen LogP contribution >= 0.6 is 11.6 Å². The van der Waals surface area contributed by atoms with Crippen LogP contribution in [0.15, 0.2) is 24.3 Å². The lowest BCUT2D eigenvalue weighted by Crippen LogP contribution is -2.21. The predicted molar refractivity (Wildman–Crippen MR) is 68.9 cm³/mol. The van der Waals surface area contributed by atoms with Crippen LogP contribution in [0.5, 0.6) is 0 Å². The third kappa shape index (κ3) is 4.52. The molecule has 1 atom stereocenters. The van der Waals surface area contributed by atoms with Gasteiger partial charge >= 0.3 is 6.18 Å². The molecule has 0 heterocycles. The predicted octanol–water partition coefficient (Wildman–Crippen LogP) is 5.29. The Morgan fingerprint density at radius 2 is 1.78 bits per heavy atom. The minimum absolute atomic E-state index is 0.0385. The first-order valence-electron chi connectivity index (χ1n) is 5.91. The fourth-order valence-corrected chi connectivity index (χ4v) is 1.74. The van der Waals surface area contributed by atoms with E-state index in [0.29, 0.717) is 18.4 Å². The monoisotopic (exact) mass is 278 g/mol. The standard InChI is InChI=1S/C14H18ClF3/c1-13(2,3)12(15)8-7-10-5-4-6-11(9-10)14(16,17)18/h4-6,9,12H,7-8H2,1-3H3. The highest BCUT2D eigenvalue weighted by molar-refractivity contribution is 6.21. The van der Waals surface area contributed by atoms with E-state index in [1.54, 1.807) is 6.07 Å². The van der Waals surface area contributed by atoms with Crippen LogP contribution in [0.4, 0.5) is 13.2 Å². The maximum atomic E-state index is 12.5. The van der Waals surface area contributed by atoms with Crippen molar-refractivity contribution in [2.24, 2.45) is 5.41 Å². The van der Waals surface area contributed by atoms with E-state index in [1.807, 2.05) is 20.8 Å². The van der Waals surface area contributed by atoms with Crippen LogP contribution < -0.4 is 0 Å². The molecule has 0 saturated carbocycles. The minimum Gasteiger partial charge on any atom is -0.166 e. The SMILES string of the molecule is CC(C)(C)C(Cl)CCc1cccc(C(F)(F)F)c1. The number of aryl methyl sites for hydroxylation is 1. The fourth-order valence-electron chi connectivity index (χ4n) is 1.63. The second kappa shape index (κ2) is 5.52. The maximum Gasteiger partial charge on any atom is 0.416 e. The van der Waals surface area contributed by atoms with Crippen LogP contribution in [-0.2, 0) is 12.6 Å². The smallest absolute Gasteiger partial charge is 0.166 e. The Bertz CT molecular complexity index is 391. The van der Waals surface area contributed by atoms with Crippen molar-refractivity contribution >= 4 is 11.6 Å². The largest absolute Gasteiger partial charge is 0.416 e. The van der Waals surface area contributed by atoms with Gasteiger partial charge in [-0.2, -0.15) is 13.2 Å². The summed E-state index contributed by atoms with van der Waals surface area (Å²) >= 11 is 6.21. The number of halogens is 4. The molecule has 0 spiro atoms. The lowest BCUT2D eigenvalue weighted by molar-refractivity contribution is -0.137. The van der Waals surface area contributed by atoms with Gasteiger partial charge in [0.15, 0.2) is 0 Å². The molecule has 0 amide bonds. The van der Waals surface area contributed by atoms with Crippen molar-refractivity contribution in [1.29, 1.82) is 0 Å². The first-order chi connectivity index (χ1) is 8.10. The molecule has 1 aromatic carbocycles. The van der Waals surface area contributed by atoms with E-state index in [9.17, 15) is 13.2 Å². The molecule has 18 heavy (non-hydrogen) atoms. The van der Waals surface area contributed by atoms with Crippen molar-refractivity contribution in [3.8, 4) is 0 Å². The van der Waals surface area contributed by atoms with Gasteiger partial charge in [-0.15, -0.1) is 11.6 Å². The summed E-state index contributed by atoms with van der Waals surface area (Å²) in [6.45, 7) is 6.07. The minimum atomic E-state index is -4.28. The summed E-state index contributed by atoms with van der Waals surface area (Å²) in [7, 11) is 0. The number of hydrogen-bond donors (Lipinski definition) is 0. The quantitative estimate of drug-likeness (QED) is 0.659. The van der Waals surface area contributed by atoms with Crippen molar-refractivity contribution < 1.29 is 13.2 Å². The lowest BCUT2D eigenvalue weighted by Gasteiger charge is -2.25. The Balaban J connectivity index is 2.69. The first-order valence-corrected chi connectivity index (χ1v) is 6.34. The molecule has 0 saturated heterocycles. The molecule has 0 fully saturated rings. The number of hydrogen-bond acceptors (Lipinski definition) is 0. The Labute approximate surface area is 111 Å². The van der Waals surface area contributed by atoms with Gasteiger partial charge in [-0.3, -0.25) is 0 Å². The molecule has 0 aliphatic carbocycles. The Morgan fingerprint density at radius 3 is 2.28 bits per heavy atom. The van der Waals surface area contributed by atoms with Gasteiger partial charge in [-0.1, -0.05) is 39.0 Å². The molecule has 1 aromatic rings. The average molecular weight is 279 g/mol. The number of alkyl halides is 4. The van der Waals surface area contributed by atoms with E-state index in [1.165, 1.54) is 12.1 Å². The summed E-state index contributed by atoms with van der Waals surface area (Å²) in [6, 6.07) is 5.44. The van der Waals surface area contributed by atoms with E-state index in [0.717, 1.165) is 6.07 Å². The zero-order valence-electron chi connectivity index (χ0n) is 10.8. The van der Waals surface area contributed by atoms with Crippen molar-refractivity contribution in [3.63, 3.8) is 0 Å². The number of rotatable bonds is 3. The van der Waals surface area contributed by atoms with E-state index in [4.69, 9.17) is 11.6 Å². The van der Waals surface area contributed by atoms with Gasteiger partial charge in [0.2, 0.25) is 0 Å². The molecule has 0 aliphatic heterocycles. The third-order valence-electron chi connectivity index (χ3n) is 2.88. The molecule has 0 radical (unpaired) electrons. The van der Waals surface area contributed by atoms with Crippen LogP contribution in [0.3, 0.4) is 0 Å². The molecule has 4 heteroatoms. The van der Waals surface area contributed by atoms with E-state index in [2.05, 4.69) is 0 Å². The summed E-state index contributed by atoms with van der Waals surface area (Å²) in [5.74, 6) is 0. The highest BCUT2D eigenvalue weighted by atomic mass is 35.5. The van der Waals surface area contributed by atoms with Crippen molar-refractivity contribution in [2.75, 3.05) is 0 Å². The molecular weight excluding hydrogens is 261 g/mol. The molecule has 0 nitrogen and oxygen atoms in total. The van der Waals surface area contributed by atoms with Gasteiger partial charge in [-0.25, -0.2) is 0 Å². The van der Waals surface area contributed by atoms with Crippen molar-refractivity contribution in [1.82, 2.24) is 0 Å². The van der Waals surface area contributed by atoms with Crippen LogP contribution in [0, 0.1) is 5.41 Å². The van der Waals surface area contributed by atoms with E-state index < -0.39 is 11.7 Å². The molecular formula is C14H18ClF3. The van der Waals surface area contributed by atoms with Crippen molar-refractivity contribution in [3.05, 3.63) is 35.4 Å². The Kier molecular flexibility index (Phi) is 4.71. The average Bonchev–Trinajstić information content (AvgIpc) is 2.23. The fraction of sp³-hybridized carbons (Fsp3) is 0.571. The first kappa shape index (κ1) is 15.4. The van der Waals surface area contributed by atoms with Crippen LogP contribution in [-0.4, -0.2) is 5.38 Å². The highest BCUT2D eigenvalue weighted by Crippen LogP contribution is 2.31. The summed E-state index contributed by atoms with van der Waals surface area (Å²) in [5, 5.41) is -0.0490. The normalized spacial score (nSPS) is 14.6. The van der Waals surface area contributed by atoms with Gasteiger partial charge in [-0.05, 0) is 29.9 Å². The van der Waals surface area contributed by atoms with Crippen LogP contribution in [0.2, 0.25) is 0 Å². The van der Waals surface area contributed by atoms with Gasteiger partial charge in [0.25, 0.3) is 0 Å². The second-order valence-corrected chi connectivity index (χ2v) is 6.10. The third-order valence-corrected chi connectivity index (χ3v) is 3.75. The topological polar surface area (TPSA) is 0 Å². The molecule has 0 aliphatic rings. The van der Waals surface area contributed by atoms with Gasteiger partial charge in [0, 0.05) is 5.38 Å². The van der Waals surface area contributed by atoms with E-state index in [-0.39, 0.29) is 10.8 Å². The van der Waals surface area contributed by atoms with E-state index >= 15 is 0 Å². The second-order valence-electron chi connectivity index (χ2n) is 5.57. The zero-order valence-corrected chi connectivity index (χ0v) is 11.6. The summed E-state index contributed by atoms with van der Waals surface area (Å²) in [6.07, 6.45) is -3.04. The maximum absolute atomic E-state index is 12.5.